The molecule has 22 heavy (non-hydrogen) atoms. The predicted molar refractivity (Wildman–Crippen MR) is 80.3 cm³/mol. The van der Waals surface area contributed by atoms with Gasteiger partial charge in [-0.05, 0) is 19.8 Å². The highest BCUT2D eigenvalue weighted by Gasteiger charge is 2.36. The van der Waals surface area contributed by atoms with E-state index in [-0.39, 0.29) is 12.6 Å². The first-order chi connectivity index (χ1) is 10.6. The van der Waals surface area contributed by atoms with Crippen molar-refractivity contribution >= 4 is 11.6 Å². The Morgan fingerprint density at radius 1 is 1.36 bits per heavy atom. The van der Waals surface area contributed by atoms with Gasteiger partial charge in [0.15, 0.2) is 0 Å². The highest BCUT2D eigenvalue weighted by molar-refractivity contribution is 5.48. The summed E-state index contributed by atoms with van der Waals surface area (Å²) in [5.41, 5.74) is 0.321. The van der Waals surface area contributed by atoms with Crippen LogP contribution in [0.4, 0.5) is 5.82 Å². The summed E-state index contributed by atoms with van der Waals surface area (Å²) in [6.07, 6.45) is 1.77. The van der Waals surface area contributed by atoms with Crippen molar-refractivity contribution in [2.75, 3.05) is 38.8 Å². The summed E-state index contributed by atoms with van der Waals surface area (Å²) in [5, 5.41) is 14.0. The summed E-state index contributed by atoms with van der Waals surface area (Å²) in [6, 6.07) is 2.25. The minimum absolute atomic E-state index is 0.00606. The fourth-order valence-corrected chi connectivity index (χ4v) is 2.92. The Morgan fingerprint density at radius 2 is 2.18 bits per heavy atom. The van der Waals surface area contributed by atoms with E-state index >= 15 is 0 Å². The van der Waals surface area contributed by atoms with Crippen LogP contribution in [-0.2, 0) is 4.74 Å². The first kappa shape index (κ1) is 15.0. The third-order valence-corrected chi connectivity index (χ3v) is 4.17. The van der Waals surface area contributed by atoms with E-state index in [1.54, 1.807) is 11.6 Å². The minimum Gasteiger partial charge on any atom is -0.466 e. The SMILES string of the molecule is COc1nc2nc(C)cc(N3CCCC(CO)(OC)C3)n2n1. The van der Waals surface area contributed by atoms with Crippen LogP contribution in [0, 0.1) is 6.92 Å². The molecule has 1 saturated heterocycles. The second-order valence-corrected chi connectivity index (χ2v) is 5.64. The van der Waals surface area contributed by atoms with Crippen molar-refractivity contribution in [3.8, 4) is 6.01 Å². The molecule has 8 heteroatoms. The maximum absolute atomic E-state index is 9.70. The molecular weight excluding hydrogens is 286 g/mol. The third kappa shape index (κ3) is 2.48. The molecule has 0 saturated carbocycles. The summed E-state index contributed by atoms with van der Waals surface area (Å²) >= 11 is 0. The molecule has 1 aliphatic heterocycles. The Balaban J connectivity index is 2.03. The standard InChI is InChI=1S/C14H21N5O3/c1-10-7-11(19-12(15-10)16-13(17-19)21-2)18-6-4-5-14(8-18,9-20)22-3/h7,20H,4-6,8-9H2,1-3H3. The van der Waals surface area contributed by atoms with Gasteiger partial charge >= 0.3 is 6.01 Å². The van der Waals surface area contributed by atoms with Crippen LogP contribution in [0.2, 0.25) is 0 Å². The predicted octanol–water partition coefficient (Wildman–Crippen LogP) is 0.419. The number of aliphatic hydroxyl groups excluding tert-OH is 1. The quantitative estimate of drug-likeness (QED) is 0.876. The Bertz CT molecular complexity index is 668. The number of methoxy groups -OCH3 is 2. The summed E-state index contributed by atoms with van der Waals surface area (Å²) < 4.78 is 12.3. The molecular formula is C14H21N5O3. The van der Waals surface area contributed by atoms with Gasteiger partial charge in [0.1, 0.15) is 11.4 Å². The molecule has 0 amide bonds. The van der Waals surface area contributed by atoms with Gasteiger partial charge < -0.3 is 19.5 Å². The Hall–Kier alpha value is -1.93. The average molecular weight is 307 g/mol. The van der Waals surface area contributed by atoms with Crippen LogP contribution in [0.1, 0.15) is 18.5 Å². The normalized spacial score (nSPS) is 22.3. The number of fused-ring (bicyclic) bond motifs is 1. The van der Waals surface area contributed by atoms with E-state index < -0.39 is 5.60 Å². The van der Waals surface area contributed by atoms with E-state index in [1.807, 2.05) is 13.0 Å². The molecule has 1 fully saturated rings. The van der Waals surface area contributed by atoms with Crippen LogP contribution in [0.3, 0.4) is 0 Å². The lowest BCUT2D eigenvalue weighted by molar-refractivity contribution is -0.0596. The maximum atomic E-state index is 9.70. The molecule has 0 aliphatic carbocycles. The van der Waals surface area contributed by atoms with Crippen LogP contribution in [0.5, 0.6) is 6.01 Å². The van der Waals surface area contributed by atoms with Gasteiger partial charge in [-0.3, -0.25) is 0 Å². The van der Waals surface area contributed by atoms with E-state index in [9.17, 15) is 5.11 Å². The molecule has 1 atom stereocenters. The fraction of sp³-hybridized carbons (Fsp3) is 0.643. The van der Waals surface area contributed by atoms with Crippen LogP contribution in [0.25, 0.3) is 5.78 Å². The van der Waals surface area contributed by atoms with E-state index in [4.69, 9.17) is 9.47 Å². The highest BCUT2D eigenvalue weighted by Crippen LogP contribution is 2.28. The van der Waals surface area contributed by atoms with Gasteiger partial charge in [0.2, 0.25) is 0 Å². The molecule has 2 aromatic rings. The van der Waals surface area contributed by atoms with Crippen molar-refractivity contribution in [2.45, 2.75) is 25.4 Å². The van der Waals surface area contributed by atoms with Gasteiger partial charge in [0.05, 0.1) is 20.3 Å². The van der Waals surface area contributed by atoms with Crippen LogP contribution in [0.15, 0.2) is 6.07 Å². The van der Waals surface area contributed by atoms with Gasteiger partial charge in [-0.25, -0.2) is 4.98 Å². The lowest BCUT2D eigenvalue weighted by Crippen LogP contribution is -2.52. The number of piperidine rings is 1. The number of nitrogens with zero attached hydrogens (tertiary/aromatic N) is 5. The largest absolute Gasteiger partial charge is 0.466 e. The van der Waals surface area contributed by atoms with E-state index in [0.717, 1.165) is 30.9 Å². The van der Waals surface area contributed by atoms with Crippen molar-refractivity contribution in [3.05, 3.63) is 11.8 Å². The zero-order valence-electron chi connectivity index (χ0n) is 13.1. The maximum Gasteiger partial charge on any atom is 0.337 e. The monoisotopic (exact) mass is 307 g/mol. The Morgan fingerprint density at radius 3 is 2.86 bits per heavy atom. The lowest BCUT2D eigenvalue weighted by atomic mass is 9.93. The molecule has 2 aromatic heterocycles. The summed E-state index contributed by atoms with van der Waals surface area (Å²) in [6.45, 7) is 3.38. The smallest absolute Gasteiger partial charge is 0.337 e. The van der Waals surface area contributed by atoms with Crippen molar-refractivity contribution in [3.63, 3.8) is 0 Å². The van der Waals surface area contributed by atoms with Crippen molar-refractivity contribution in [1.29, 1.82) is 0 Å². The second-order valence-electron chi connectivity index (χ2n) is 5.64. The molecule has 0 radical (unpaired) electrons. The number of ether oxygens (including phenoxy) is 2. The summed E-state index contributed by atoms with van der Waals surface area (Å²) in [5.74, 6) is 1.39. The van der Waals surface area contributed by atoms with Gasteiger partial charge in [-0.1, -0.05) is 0 Å². The Labute approximate surface area is 128 Å². The number of aromatic nitrogens is 4. The van der Waals surface area contributed by atoms with Crippen molar-refractivity contribution in [2.24, 2.45) is 0 Å². The molecule has 0 aromatic carbocycles. The number of hydrogen-bond donors (Lipinski definition) is 1. The Kier molecular flexibility index (Phi) is 3.88. The number of aliphatic hydroxyl groups is 1. The number of hydrogen-bond acceptors (Lipinski definition) is 7. The molecule has 1 aliphatic rings. The van der Waals surface area contributed by atoms with Gasteiger partial charge in [0.25, 0.3) is 5.78 Å². The zero-order chi connectivity index (χ0) is 15.7. The topological polar surface area (TPSA) is 85.0 Å². The zero-order valence-corrected chi connectivity index (χ0v) is 13.1. The van der Waals surface area contributed by atoms with Gasteiger partial charge in [0, 0.05) is 25.4 Å². The van der Waals surface area contributed by atoms with E-state index in [2.05, 4.69) is 20.0 Å². The molecule has 8 nitrogen and oxygen atoms in total. The minimum atomic E-state index is -0.535. The van der Waals surface area contributed by atoms with Crippen LogP contribution >= 0.6 is 0 Å². The van der Waals surface area contributed by atoms with E-state index in [1.165, 1.54) is 7.11 Å². The number of aryl methyl sites for hydroxylation is 1. The fourth-order valence-electron chi connectivity index (χ4n) is 2.92. The highest BCUT2D eigenvalue weighted by atomic mass is 16.5. The summed E-state index contributed by atoms with van der Waals surface area (Å²) in [4.78, 5) is 10.8. The molecule has 1 N–H and O–H groups in total. The first-order valence-electron chi connectivity index (χ1n) is 7.30. The molecule has 120 valence electrons. The van der Waals surface area contributed by atoms with Crippen molar-refractivity contribution in [1.82, 2.24) is 19.6 Å². The van der Waals surface area contributed by atoms with Gasteiger partial charge in [-0.2, -0.15) is 9.50 Å². The first-order valence-corrected chi connectivity index (χ1v) is 7.30. The molecule has 3 heterocycles. The average Bonchev–Trinajstić information content (AvgIpc) is 2.97. The van der Waals surface area contributed by atoms with E-state index in [0.29, 0.717) is 12.3 Å². The number of rotatable bonds is 4. The van der Waals surface area contributed by atoms with Crippen LogP contribution in [-0.4, -0.2) is 64.2 Å². The molecule has 1 unspecified atom stereocenters. The van der Waals surface area contributed by atoms with Gasteiger partial charge in [-0.15, -0.1) is 5.10 Å². The second kappa shape index (κ2) is 5.69. The molecule has 3 rings (SSSR count). The summed E-state index contributed by atoms with van der Waals surface area (Å²) in [7, 11) is 3.18. The third-order valence-electron chi connectivity index (χ3n) is 4.17. The van der Waals surface area contributed by atoms with Crippen LogP contribution < -0.4 is 9.64 Å². The number of anilines is 1. The molecule has 0 spiro atoms. The molecule has 0 bridgehead atoms. The van der Waals surface area contributed by atoms with Crippen molar-refractivity contribution < 1.29 is 14.6 Å². The lowest BCUT2D eigenvalue weighted by Gasteiger charge is -2.41.